The summed E-state index contributed by atoms with van der Waals surface area (Å²) >= 11 is 0. The van der Waals surface area contributed by atoms with Crippen molar-refractivity contribution in [2.24, 2.45) is 5.84 Å². The van der Waals surface area contributed by atoms with Crippen molar-refractivity contribution in [1.82, 2.24) is 15.2 Å². The molecule has 0 aliphatic carbocycles. The molecule has 1 aromatic heterocycles. The molecule has 1 aromatic carbocycles. The van der Waals surface area contributed by atoms with Crippen LogP contribution in [0.25, 0.3) is 0 Å². The molecule has 3 N–H and O–H groups in total. The zero-order valence-electron chi connectivity index (χ0n) is 8.58. The smallest absolute Gasteiger partial charge is 0.263 e. The Bertz CT molecular complexity index is 452. The van der Waals surface area contributed by atoms with Crippen molar-refractivity contribution in [2.75, 3.05) is 0 Å². The molecule has 1 amide bonds. The SMILES string of the molecule is NNC(=O)C(c1ccccc1)n1cccn1. The van der Waals surface area contributed by atoms with Crippen LogP contribution in [-0.2, 0) is 4.79 Å². The zero-order valence-corrected chi connectivity index (χ0v) is 8.58. The van der Waals surface area contributed by atoms with E-state index in [0.29, 0.717) is 0 Å². The maximum absolute atomic E-state index is 11.7. The van der Waals surface area contributed by atoms with Gasteiger partial charge in [-0.2, -0.15) is 5.10 Å². The van der Waals surface area contributed by atoms with Crippen molar-refractivity contribution < 1.29 is 4.79 Å². The van der Waals surface area contributed by atoms with Crippen LogP contribution in [0.15, 0.2) is 48.8 Å². The molecule has 0 saturated heterocycles. The zero-order chi connectivity index (χ0) is 11.4. The highest BCUT2D eigenvalue weighted by molar-refractivity contribution is 5.82. The van der Waals surface area contributed by atoms with Crippen molar-refractivity contribution in [2.45, 2.75) is 6.04 Å². The van der Waals surface area contributed by atoms with Gasteiger partial charge in [0.25, 0.3) is 5.91 Å². The number of hydrazine groups is 1. The highest BCUT2D eigenvalue weighted by Crippen LogP contribution is 2.16. The molecule has 0 fully saturated rings. The Hall–Kier alpha value is -2.14. The van der Waals surface area contributed by atoms with Crippen LogP contribution in [0.2, 0.25) is 0 Å². The molecule has 82 valence electrons. The molecule has 0 bridgehead atoms. The fraction of sp³-hybridized carbons (Fsp3) is 0.0909. The predicted molar refractivity (Wildman–Crippen MR) is 59.1 cm³/mol. The van der Waals surface area contributed by atoms with E-state index in [4.69, 9.17) is 5.84 Å². The largest absolute Gasteiger partial charge is 0.292 e. The van der Waals surface area contributed by atoms with E-state index in [9.17, 15) is 4.79 Å². The monoisotopic (exact) mass is 216 g/mol. The number of carbonyl (C=O) groups excluding carboxylic acids is 1. The lowest BCUT2D eigenvalue weighted by atomic mass is 10.1. The number of nitrogens with one attached hydrogen (secondary N) is 1. The van der Waals surface area contributed by atoms with E-state index in [-0.39, 0.29) is 5.91 Å². The Morgan fingerprint density at radius 1 is 1.31 bits per heavy atom. The second kappa shape index (κ2) is 4.59. The third kappa shape index (κ3) is 1.94. The quantitative estimate of drug-likeness (QED) is 0.445. The number of carbonyl (C=O) groups is 1. The van der Waals surface area contributed by atoms with Crippen molar-refractivity contribution >= 4 is 5.91 Å². The van der Waals surface area contributed by atoms with E-state index in [1.165, 1.54) is 0 Å². The van der Waals surface area contributed by atoms with E-state index >= 15 is 0 Å². The van der Waals surface area contributed by atoms with E-state index in [1.807, 2.05) is 30.3 Å². The van der Waals surface area contributed by atoms with Crippen LogP contribution < -0.4 is 11.3 Å². The summed E-state index contributed by atoms with van der Waals surface area (Å²) < 4.78 is 1.57. The summed E-state index contributed by atoms with van der Waals surface area (Å²) in [5.41, 5.74) is 2.99. The van der Waals surface area contributed by atoms with Gasteiger partial charge in [0, 0.05) is 12.4 Å². The Morgan fingerprint density at radius 3 is 2.62 bits per heavy atom. The van der Waals surface area contributed by atoms with Crippen LogP contribution in [0.5, 0.6) is 0 Å². The van der Waals surface area contributed by atoms with E-state index in [1.54, 1.807) is 23.1 Å². The Balaban J connectivity index is 2.40. The molecule has 1 heterocycles. The minimum atomic E-state index is -0.527. The van der Waals surface area contributed by atoms with Gasteiger partial charge in [-0.1, -0.05) is 30.3 Å². The Labute approximate surface area is 92.8 Å². The first-order valence-electron chi connectivity index (χ1n) is 4.87. The fourth-order valence-electron chi connectivity index (χ4n) is 1.57. The summed E-state index contributed by atoms with van der Waals surface area (Å²) in [6, 6.07) is 10.6. The lowest BCUT2D eigenvalue weighted by Gasteiger charge is -2.15. The summed E-state index contributed by atoms with van der Waals surface area (Å²) in [7, 11) is 0. The van der Waals surface area contributed by atoms with Crippen molar-refractivity contribution in [3.05, 3.63) is 54.4 Å². The van der Waals surface area contributed by atoms with Crippen LogP contribution in [0.4, 0.5) is 0 Å². The second-order valence-corrected chi connectivity index (χ2v) is 3.31. The van der Waals surface area contributed by atoms with Gasteiger partial charge in [-0.15, -0.1) is 0 Å². The number of rotatable bonds is 3. The lowest BCUT2D eigenvalue weighted by Crippen LogP contribution is -2.37. The molecule has 1 unspecified atom stereocenters. The van der Waals surface area contributed by atoms with Gasteiger partial charge in [-0.3, -0.25) is 14.9 Å². The van der Waals surface area contributed by atoms with Crippen LogP contribution in [0.3, 0.4) is 0 Å². The maximum Gasteiger partial charge on any atom is 0.263 e. The highest BCUT2D eigenvalue weighted by Gasteiger charge is 2.21. The molecule has 1 atom stereocenters. The summed E-state index contributed by atoms with van der Waals surface area (Å²) in [6.07, 6.45) is 3.35. The van der Waals surface area contributed by atoms with Gasteiger partial charge >= 0.3 is 0 Å². The molecule has 5 heteroatoms. The first-order chi connectivity index (χ1) is 7.83. The topological polar surface area (TPSA) is 72.9 Å². The normalized spacial score (nSPS) is 12.1. The fourth-order valence-corrected chi connectivity index (χ4v) is 1.57. The molecule has 0 spiro atoms. The van der Waals surface area contributed by atoms with Gasteiger partial charge < -0.3 is 0 Å². The molecular weight excluding hydrogens is 204 g/mol. The van der Waals surface area contributed by atoms with Crippen LogP contribution >= 0.6 is 0 Å². The summed E-state index contributed by atoms with van der Waals surface area (Å²) in [5, 5.41) is 4.06. The van der Waals surface area contributed by atoms with Crippen molar-refractivity contribution in [1.29, 1.82) is 0 Å². The average molecular weight is 216 g/mol. The van der Waals surface area contributed by atoms with E-state index in [0.717, 1.165) is 5.56 Å². The first kappa shape index (κ1) is 10.4. The van der Waals surface area contributed by atoms with Gasteiger partial charge in [0.15, 0.2) is 6.04 Å². The standard InChI is InChI=1S/C11H12N4O/c12-14-11(16)10(15-8-4-7-13-15)9-5-2-1-3-6-9/h1-8,10H,12H2,(H,14,16). The van der Waals surface area contributed by atoms with Gasteiger partial charge in [0.2, 0.25) is 0 Å². The lowest BCUT2D eigenvalue weighted by molar-refractivity contribution is -0.123. The molecule has 5 nitrogen and oxygen atoms in total. The van der Waals surface area contributed by atoms with E-state index < -0.39 is 6.04 Å². The van der Waals surface area contributed by atoms with E-state index in [2.05, 4.69) is 10.5 Å². The predicted octanol–water partition coefficient (Wildman–Crippen LogP) is 0.462. The second-order valence-electron chi connectivity index (χ2n) is 3.31. The Morgan fingerprint density at radius 2 is 2.06 bits per heavy atom. The van der Waals surface area contributed by atoms with Gasteiger partial charge in [-0.25, -0.2) is 5.84 Å². The number of benzene rings is 1. The first-order valence-corrected chi connectivity index (χ1v) is 4.87. The Kier molecular flexibility index (Phi) is 2.98. The molecule has 0 aliphatic rings. The van der Waals surface area contributed by atoms with Crippen molar-refractivity contribution in [3.63, 3.8) is 0 Å². The number of aromatic nitrogens is 2. The molecule has 0 saturated carbocycles. The molecule has 16 heavy (non-hydrogen) atoms. The van der Waals surface area contributed by atoms with Gasteiger partial charge in [0.1, 0.15) is 0 Å². The maximum atomic E-state index is 11.7. The molecule has 2 rings (SSSR count). The minimum Gasteiger partial charge on any atom is -0.292 e. The number of nitrogens with zero attached hydrogens (tertiary/aromatic N) is 2. The van der Waals surface area contributed by atoms with Crippen LogP contribution in [0.1, 0.15) is 11.6 Å². The molecule has 2 aromatic rings. The third-order valence-corrected chi connectivity index (χ3v) is 2.30. The highest BCUT2D eigenvalue weighted by atomic mass is 16.2. The summed E-state index contributed by atoms with van der Waals surface area (Å²) in [6.45, 7) is 0. The van der Waals surface area contributed by atoms with Crippen LogP contribution in [0, 0.1) is 0 Å². The third-order valence-electron chi connectivity index (χ3n) is 2.30. The molecule has 0 radical (unpaired) electrons. The minimum absolute atomic E-state index is 0.296. The molecular formula is C11H12N4O. The number of amides is 1. The van der Waals surface area contributed by atoms with Gasteiger partial charge in [-0.05, 0) is 11.6 Å². The average Bonchev–Trinajstić information content (AvgIpc) is 2.84. The van der Waals surface area contributed by atoms with Gasteiger partial charge in [0.05, 0.1) is 0 Å². The van der Waals surface area contributed by atoms with Crippen LogP contribution in [-0.4, -0.2) is 15.7 Å². The number of nitrogens with two attached hydrogens (primary N) is 1. The van der Waals surface area contributed by atoms with Crippen molar-refractivity contribution in [3.8, 4) is 0 Å². The summed E-state index contributed by atoms with van der Waals surface area (Å²) in [4.78, 5) is 11.7. The molecule has 0 aliphatic heterocycles. The summed E-state index contributed by atoms with van der Waals surface area (Å²) in [5.74, 6) is 4.88. The number of hydrogen-bond donors (Lipinski definition) is 2. The number of hydrogen-bond acceptors (Lipinski definition) is 3.